The Morgan fingerprint density at radius 3 is 2.50 bits per heavy atom. The summed E-state index contributed by atoms with van der Waals surface area (Å²) in [6, 6.07) is 5.52. The van der Waals surface area contributed by atoms with Gasteiger partial charge >= 0.3 is 0 Å². The van der Waals surface area contributed by atoms with Crippen LogP contribution in [0.1, 0.15) is 30.4 Å². The predicted molar refractivity (Wildman–Crippen MR) is 71.7 cm³/mol. The molecule has 0 saturated carbocycles. The molecule has 2 rings (SSSR count). The number of nitrogens with two attached hydrogens (primary N) is 1. The summed E-state index contributed by atoms with van der Waals surface area (Å²) in [7, 11) is -3.62. The van der Waals surface area contributed by atoms with E-state index in [4.69, 9.17) is 5.14 Å². The second-order valence-corrected chi connectivity index (χ2v) is 6.51. The number of primary sulfonamides is 1. The molecular weight excluding hydrogens is 248 g/mol. The maximum atomic E-state index is 11.5. The first kappa shape index (κ1) is 13.5. The minimum Gasteiger partial charge on any atom is -0.299 e. The maximum Gasteiger partial charge on any atom is 0.238 e. The molecule has 1 aromatic carbocycles. The van der Waals surface area contributed by atoms with Crippen LogP contribution < -0.4 is 5.14 Å². The third kappa shape index (κ3) is 3.31. The minimum absolute atomic E-state index is 0.247. The van der Waals surface area contributed by atoms with Crippen LogP contribution in [-0.2, 0) is 16.6 Å². The lowest BCUT2D eigenvalue weighted by Gasteiger charge is -2.26. The first-order chi connectivity index (χ1) is 8.47. The van der Waals surface area contributed by atoms with Crippen molar-refractivity contribution in [1.29, 1.82) is 0 Å². The van der Waals surface area contributed by atoms with Gasteiger partial charge in [-0.3, -0.25) is 4.90 Å². The first-order valence-corrected chi connectivity index (χ1v) is 7.86. The van der Waals surface area contributed by atoms with Gasteiger partial charge in [0.1, 0.15) is 0 Å². The highest BCUT2D eigenvalue weighted by Gasteiger charge is 2.14. The number of likely N-dealkylation sites (tertiary alicyclic amines) is 1. The summed E-state index contributed by atoms with van der Waals surface area (Å²) in [6.45, 7) is 4.77. The number of nitrogens with zero attached hydrogens (tertiary/aromatic N) is 1. The van der Waals surface area contributed by atoms with Gasteiger partial charge in [-0.25, -0.2) is 13.6 Å². The predicted octanol–water partition coefficient (Wildman–Crippen LogP) is 1.63. The van der Waals surface area contributed by atoms with Gasteiger partial charge in [-0.05, 0) is 50.0 Å². The minimum atomic E-state index is -3.62. The molecule has 0 aliphatic carbocycles. The number of hydrogen-bond donors (Lipinski definition) is 1. The van der Waals surface area contributed by atoms with Crippen LogP contribution in [0.15, 0.2) is 23.1 Å². The molecule has 100 valence electrons. The van der Waals surface area contributed by atoms with E-state index in [1.807, 2.05) is 12.1 Å². The lowest BCUT2D eigenvalue weighted by Crippen LogP contribution is -2.29. The molecular formula is C13H20N2O2S. The topological polar surface area (TPSA) is 63.4 Å². The smallest absolute Gasteiger partial charge is 0.238 e. The molecule has 0 aromatic heterocycles. The van der Waals surface area contributed by atoms with Gasteiger partial charge in [0.2, 0.25) is 10.0 Å². The van der Waals surface area contributed by atoms with Crippen LogP contribution in [0, 0.1) is 6.92 Å². The Morgan fingerprint density at radius 2 is 1.89 bits per heavy atom. The zero-order chi connectivity index (χ0) is 13.2. The van der Waals surface area contributed by atoms with Crippen molar-refractivity contribution >= 4 is 10.0 Å². The van der Waals surface area contributed by atoms with Crippen molar-refractivity contribution < 1.29 is 8.42 Å². The average molecular weight is 268 g/mol. The fourth-order valence-corrected chi connectivity index (χ4v) is 3.26. The summed E-state index contributed by atoms with van der Waals surface area (Å²) in [5, 5.41) is 5.22. The number of aryl methyl sites for hydroxylation is 1. The average Bonchev–Trinajstić information content (AvgIpc) is 2.31. The summed E-state index contributed by atoms with van der Waals surface area (Å²) in [4.78, 5) is 2.61. The molecule has 0 bridgehead atoms. The van der Waals surface area contributed by atoms with Gasteiger partial charge in [0.15, 0.2) is 0 Å². The van der Waals surface area contributed by atoms with Crippen LogP contribution in [0.3, 0.4) is 0 Å². The van der Waals surface area contributed by atoms with Crippen LogP contribution in [0.2, 0.25) is 0 Å². The van der Waals surface area contributed by atoms with E-state index in [1.54, 1.807) is 13.0 Å². The highest BCUT2D eigenvalue weighted by atomic mass is 32.2. The lowest BCUT2D eigenvalue weighted by atomic mass is 10.1. The second kappa shape index (κ2) is 5.38. The zero-order valence-corrected chi connectivity index (χ0v) is 11.5. The first-order valence-electron chi connectivity index (χ1n) is 6.31. The number of benzene rings is 1. The Balaban J connectivity index is 2.19. The molecule has 0 unspecified atom stereocenters. The van der Waals surface area contributed by atoms with E-state index in [2.05, 4.69) is 4.90 Å². The molecule has 18 heavy (non-hydrogen) atoms. The maximum absolute atomic E-state index is 11.5. The van der Waals surface area contributed by atoms with E-state index in [-0.39, 0.29) is 4.90 Å². The van der Waals surface area contributed by atoms with Crippen molar-refractivity contribution in [3.63, 3.8) is 0 Å². The summed E-state index contributed by atoms with van der Waals surface area (Å²) >= 11 is 0. The monoisotopic (exact) mass is 268 g/mol. The van der Waals surface area contributed by atoms with Crippen LogP contribution in [0.5, 0.6) is 0 Å². The fraction of sp³-hybridized carbons (Fsp3) is 0.538. The molecule has 0 spiro atoms. The van der Waals surface area contributed by atoms with Gasteiger partial charge in [-0.1, -0.05) is 18.6 Å². The molecule has 1 aliphatic rings. The number of piperidine rings is 1. The molecule has 5 heteroatoms. The quantitative estimate of drug-likeness (QED) is 0.906. The van der Waals surface area contributed by atoms with E-state index >= 15 is 0 Å². The van der Waals surface area contributed by atoms with Crippen LogP contribution in [0.25, 0.3) is 0 Å². The van der Waals surface area contributed by atoms with Gasteiger partial charge in [0.05, 0.1) is 4.90 Å². The third-order valence-corrected chi connectivity index (χ3v) is 4.47. The van der Waals surface area contributed by atoms with Gasteiger partial charge in [0, 0.05) is 6.54 Å². The van der Waals surface area contributed by atoms with E-state index in [9.17, 15) is 8.42 Å². The van der Waals surface area contributed by atoms with Crippen molar-refractivity contribution in [2.45, 2.75) is 37.6 Å². The molecule has 0 radical (unpaired) electrons. The zero-order valence-electron chi connectivity index (χ0n) is 10.7. The second-order valence-electron chi connectivity index (χ2n) is 4.98. The van der Waals surface area contributed by atoms with Gasteiger partial charge in [-0.15, -0.1) is 0 Å². The number of hydrogen-bond acceptors (Lipinski definition) is 3. The molecule has 4 nitrogen and oxygen atoms in total. The van der Waals surface area contributed by atoms with E-state index in [0.717, 1.165) is 25.2 Å². The highest BCUT2D eigenvalue weighted by molar-refractivity contribution is 7.89. The Morgan fingerprint density at radius 1 is 1.22 bits per heavy atom. The Bertz CT molecular complexity index is 520. The van der Waals surface area contributed by atoms with E-state index in [1.165, 1.54) is 19.3 Å². The summed E-state index contributed by atoms with van der Waals surface area (Å²) in [5.74, 6) is 0. The van der Waals surface area contributed by atoms with Crippen molar-refractivity contribution in [2.24, 2.45) is 5.14 Å². The van der Waals surface area contributed by atoms with Crippen LogP contribution >= 0.6 is 0 Å². The molecule has 2 N–H and O–H groups in total. The van der Waals surface area contributed by atoms with Gasteiger partial charge in [-0.2, -0.15) is 0 Å². The Kier molecular flexibility index (Phi) is 4.04. The largest absolute Gasteiger partial charge is 0.299 e. The summed E-state index contributed by atoms with van der Waals surface area (Å²) < 4.78 is 22.9. The molecule has 1 saturated heterocycles. The van der Waals surface area contributed by atoms with Crippen molar-refractivity contribution in [2.75, 3.05) is 13.1 Å². The molecule has 1 aliphatic heterocycles. The summed E-state index contributed by atoms with van der Waals surface area (Å²) in [6.07, 6.45) is 3.76. The molecule has 1 fully saturated rings. The van der Waals surface area contributed by atoms with Gasteiger partial charge < -0.3 is 0 Å². The Labute approximate surface area is 109 Å². The number of rotatable bonds is 3. The standard InChI is InChI=1S/C13H20N2O2S/c1-11-5-6-12(9-13(11)18(14,16)17)10-15-7-3-2-4-8-15/h5-6,9H,2-4,7-8,10H2,1H3,(H2,14,16,17). The van der Waals surface area contributed by atoms with Crippen LogP contribution in [0.4, 0.5) is 0 Å². The highest BCUT2D eigenvalue weighted by Crippen LogP contribution is 2.18. The van der Waals surface area contributed by atoms with Crippen molar-refractivity contribution in [1.82, 2.24) is 4.90 Å². The molecule has 0 amide bonds. The van der Waals surface area contributed by atoms with Gasteiger partial charge in [0.25, 0.3) is 0 Å². The Hall–Kier alpha value is -0.910. The number of sulfonamides is 1. The molecule has 1 aromatic rings. The van der Waals surface area contributed by atoms with E-state index in [0.29, 0.717) is 5.56 Å². The van der Waals surface area contributed by atoms with E-state index < -0.39 is 10.0 Å². The molecule has 1 heterocycles. The van der Waals surface area contributed by atoms with Crippen molar-refractivity contribution in [3.8, 4) is 0 Å². The third-order valence-electron chi connectivity index (χ3n) is 3.41. The van der Waals surface area contributed by atoms with Crippen molar-refractivity contribution in [3.05, 3.63) is 29.3 Å². The normalized spacial score (nSPS) is 17.9. The SMILES string of the molecule is Cc1ccc(CN2CCCCC2)cc1S(N)(=O)=O. The molecule has 0 atom stereocenters. The lowest BCUT2D eigenvalue weighted by molar-refractivity contribution is 0.221. The fourth-order valence-electron chi connectivity index (χ4n) is 2.43. The van der Waals surface area contributed by atoms with Crippen LogP contribution in [-0.4, -0.2) is 26.4 Å². The summed E-state index contributed by atoms with van der Waals surface area (Å²) in [5.41, 5.74) is 1.73.